The van der Waals surface area contributed by atoms with Gasteiger partial charge in [0.05, 0.1) is 24.5 Å². The molecule has 14 heteroatoms. The lowest BCUT2D eigenvalue weighted by atomic mass is 10.0. The Kier molecular flexibility index (Phi) is 9.90. The summed E-state index contributed by atoms with van der Waals surface area (Å²) in [5.41, 5.74) is 1.76. The maximum absolute atomic E-state index is 13.2. The number of aliphatic hydroxyl groups excluding tert-OH is 2. The van der Waals surface area contributed by atoms with Gasteiger partial charge in [-0.2, -0.15) is 4.99 Å². The van der Waals surface area contributed by atoms with Crippen molar-refractivity contribution in [3.8, 4) is 0 Å². The highest BCUT2D eigenvalue weighted by Gasteiger charge is 2.32. The van der Waals surface area contributed by atoms with Crippen molar-refractivity contribution in [2.75, 3.05) is 13.2 Å². The van der Waals surface area contributed by atoms with Gasteiger partial charge in [-0.3, -0.25) is 14.6 Å². The number of allylic oxidation sites excluding steroid dienone is 3. The number of urea groups is 1. The molecule has 0 bridgehead atoms. The predicted molar refractivity (Wildman–Crippen MR) is 172 cm³/mol. The van der Waals surface area contributed by atoms with Gasteiger partial charge in [0, 0.05) is 42.8 Å². The first-order valence-corrected chi connectivity index (χ1v) is 14.3. The Balaban J connectivity index is 1.70. The second-order valence-corrected chi connectivity index (χ2v) is 11.1. The van der Waals surface area contributed by atoms with Gasteiger partial charge in [-0.05, 0) is 52.2 Å². The van der Waals surface area contributed by atoms with Gasteiger partial charge in [-0.15, -0.1) is 27.7 Å². The Morgan fingerprint density at radius 3 is 2.54 bits per heavy atom. The highest BCUT2D eigenvalue weighted by molar-refractivity contribution is 7.40. The second-order valence-electron chi connectivity index (χ2n) is 9.28. The molecule has 0 spiro atoms. The molecule has 1 aliphatic carbocycles. The van der Waals surface area contributed by atoms with Crippen molar-refractivity contribution >= 4 is 61.3 Å². The number of amides is 2. The summed E-state index contributed by atoms with van der Waals surface area (Å²) in [5.74, 6) is 0.208. The van der Waals surface area contributed by atoms with E-state index < -0.39 is 6.03 Å². The van der Waals surface area contributed by atoms with Crippen molar-refractivity contribution in [3.05, 3.63) is 99.7 Å². The summed E-state index contributed by atoms with van der Waals surface area (Å²) in [6.07, 6.45) is 6.54. The quantitative estimate of drug-likeness (QED) is 0.182. The lowest BCUT2D eigenvalue weighted by Crippen LogP contribution is -2.51. The minimum absolute atomic E-state index is 0.0349. The van der Waals surface area contributed by atoms with E-state index in [0.29, 0.717) is 24.1 Å². The number of aromatic amines is 1. The van der Waals surface area contributed by atoms with Crippen molar-refractivity contribution in [3.63, 3.8) is 0 Å². The van der Waals surface area contributed by atoms with Crippen LogP contribution in [-0.2, 0) is 13.1 Å². The van der Waals surface area contributed by atoms with Gasteiger partial charge in [0.25, 0.3) is 5.56 Å². The van der Waals surface area contributed by atoms with E-state index in [0.717, 1.165) is 21.5 Å². The van der Waals surface area contributed by atoms with Crippen LogP contribution in [0.3, 0.4) is 0 Å². The topological polar surface area (TPSA) is 157 Å². The number of H-pyrrole nitrogens is 1. The number of hydrogen-bond donors (Lipinski definition) is 6. The molecule has 0 radical (unpaired) electrons. The number of rotatable bonds is 9. The van der Waals surface area contributed by atoms with Gasteiger partial charge in [0.15, 0.2) is 0 Å². The van der Waals surface area contributed by atoms with Gasteiger partial charge < -0.3 is 31.2 Å². The number of carbonyl (C=O) groups excluding carboxylic acids is 1. The molecule has 41 heavy (non-hydrogen) atoms. The van der Waals surface area contributed by atoms with Gasteiger partial charge in [0.2, 0.25) is 5.96 Å². The molecule has 0 fully saturated rings. The maximum Gasteiger partial charge on any atom is 0.352 e. The van der Waals surface area contributed by atoms with Crippen molar-refractivity contribution in [1.29, 1.82) is 5.41 Å². The molecule has 11 nitrogen and oxygen atoms in total. The van der Waals surface area contributed by atoms with Crippen LogP contribution in [0.1, 0.15) is 17.5 Å². The van der Waals surface area contributed by atoms with Crippen molar-refractivity contribution in [1.82, 2.24) is 25.4 Å². The normalized spacial score (nSPS) is 16.5. The fourth-order valence-corrected chi connectivity index (χ4v) is 5.20. The molecule has 2 heterocycles. The van der Waals surface area contributed by atoms with Crippen LogP contribution in [0.4, 0.5) is 4.79 Å². The van der Waals surface area contributed by atoms with Gasteiger partial charge >= 0.3 is 6.03 Å². The number of pyridine rings is 1. The molecule has 214 valence electrons. The molecule has 1 aromatic heterocycles. The molecular formula is C27H32N7O4P3. The Morgan fingerprint density at radius 1 is 1.12 bits per heavy atom. The molecule has 0 saturated heterocycles. The number of benzene rings is 1. The number of hydrogen-bond acceptors (Lipinski definition) is 8. The minimum Gasteiger partial charge on any atom is -0.506 e. The Hall–Kier alpha value is -3.61. The molecule has 3 unspecified atom stereocenters. The molecule has 2 aromatic rings. The highest BCUT2D eigenvalue weighted by atomic mass is 31.0. The number of nitrogens with one attached hydrogen (secondary N) is 4. The summed E-state index contributed by atoms with van der Waals surface area (Å²) in [6, 6.07) is 6.66. The number of nitrogens with zero attached hydrogens (tertiary/aromatic N) is 3. The molecule has 0 saturated carbocycles. The Labute approximate surface area is 244 Å². The largest absolute Gasteiger partial charge is 0.506 e. The summed E-state index contributed by atoms with van der Waals surface area (Å²) in [6.45, 7) is 4.96. The van der Waals surface area contributed by atoms with E-state index in [9.17, 15) is 14.7 Å². The first-order chi connectivity index (χ1) is 19.6. The van der Waals surface area contributed by atoms with Crippen molar-refractivity contribution in [2.45, 2.75) is 19.5 Å². The van der Waals surface area contributed by atoms with Gasteiger partial charge in [0.1, 0.15) is 11.6 Å². The smallest absolute Gasteiger partial charge is 0.352 e. The van der Waals surface area contributed by atoms with Crippen LogP contribution in [-0.4, -0.2) is 55.9 Å². The third-order valence-electron chi connectivity index (χ3n) is 6.34. The first-order valence-electron chi connectivity index (χ1n) is 12.6. The third-order valence-corrected chi connectivity index (χ3v) is 8.62. The minimum atomic E-state index is -0.634. The number of aliphatic imine (C=N–C) groups is 1. The molecule has 1 aliphatic heterocycles. The summed E-state index contributed by atoms with van der Waals surface area (Å²) in [7, 11) is 8.11. The van der Waals surface area contributed by atoms with Gasteiger partial charge in [-0.25, -0.2) is 4.79 Å². The van der Waals surface area contributed by atoms with E-state index in [-0.39, 0.29) is 54.2 Å². The van der Waals surface area contributed by atoms with Crippen molar-refractivity contribution < 1.29 is 15.0 Å². The van der Waals surface area contributed by atoms with E-state index in [1.165, 1.54) is 17.2 Å². The van der Waals surface area contributed by atoms with Crippen LogP contribution in [0, 0.1) is 5.41 Å². The zero-order valence-electron chi connectivity index (χ0n) is 22.1. The van der Waals surface area contributed by atoms with Crippen LogP contribution in [0.15, 0.2) is 88.0 Å². The lowest BCUT2D eigenvalue weighted by Gasteiger charge is -2.38. The number of aliphatic hydroxyl groups is 2. The standard InChI is InChI=1S/C27H32N7O4P3/c1-15-33(13-16-8-22(39)24(41)23(40)9-16)26(32-27(38)34(15)14-17-4-2-6-30-25(17)37)31-20-10-18(12-29-5-3-7-35)19(28)11-21(20)36/h2,4,6,8-12,28-29,35-36H,1,3,5,7,13-14,39-41H2,(H,30,37)(H,31,32,38)/b18-12-,28-19?. The van der Waals surface area contributed by atoms with Crippen LogP contribution in [0.2, 0.25) is 0 Å². The van der Waals surface area contributed by atoms with Crippen LogP contribution >= 0.6 is 27.7 Å². The van der Waals surface area contributed by atoms with E-state index in [2.05, 4.69) is 54.9 Å². The van der Waals surface area contributed by atoms with E-state index in [4.69, 9.17) is 10.5 Å². The molecule has 4 rings (SSSR count). The zero-order valence-corrected chi connectivity index (χ0v) is 25.6. The highest BCUT2D eigenvalue weighted by Crippen LogP contribution is 2.24. The van der Waals surface area contributed by atoms with E-state index >= 15 is 0 Å². The third kappa shape index (κ3) is 7.19. The SMILES string of the molecule is C=C1N(Cc2ccc[nH]c2=O)C(=O)N=C(NC2=C/C(=C/NCCCO)C(=N)C=C2O)N1Cc1cc(P)c(P)c(P)c1. The van der Waals surface area contributed by atoms with Crippen molar-refractivity contribution in [2.24, 2.45) is 4.99 Å². The Morgan fingerprint density at radius 2 is 1.85 bits per heavy atom. The van der Waals surface area contributed by atoms with E-state index in [1.54, 1.807) is 29.3 Å². The molecular weight excluding hydrogens is 579 g/mol. The van der Waals surface area contributed by atoms with Gasteiger partial charge in [-0.1, -0.05) is 12.6 Å². The average molecular weight is 612 g/mol. The van der Waals surface area contributed by atoms with Crippen LogP contribution in [0.25, 0.3) is 0 Å². The lowest BCUT2D eigenvalue weighted by molar-refractivity contribution is 0.197. The first kappa shape index (κ1) is 30.4. The molecule has 3 atom stereocenters. The molecule has 2 aliphatic rings. The summed E-state index contributed by atoms with van der Waals surface area (Å²) >= 11 is 0. The zero-order chi connectivity index (χ0) is 29.7. The molecule has 6 N–H and O–H groups in total. The van der Waals surface area contributed by atoms with E-state index in [1.807, 2.05) is 12.1 Å². The molecule has 2 amide bonds. The van der Waals surface area contributed by atoms with Crippen LogP contribution < -0.4 is 32.1 Å². The predicted octanol–water partition coefficient (Wildman–Crippen LogP) is 0.946. The monoisotopic (exact) mass is 611 g/mol. The number of guanidine groups is 1. The number of aromatic nitrogens is 1. The van der Waals surface area contributed by atoms with Crippen LogP contribution in [0.5, 0.6) is 0 Å². The summed E-state index contributed by atoms with van der Waals surface area (Å²) < 4.78 is 0. The fraction of sp³-hybridized carbons (Fsp3) is 0.185. The fourth-order valence-electron chi connectivity index (χ4n) is 4.11. The number of carbonyl (C=O) groups is 1. The maximum atomic E-state index is 13.2. The molecule has 1 aromatic carbocycles. The second kappa shape index (κ2) is 13.4. The summed E-state index contributed by atoms with van der Waals surface area (Å²) in [4.78, 5) is 35.5. The average Bonchev–Trinajstić information content (AvgIpc) is 2.93. The Bertz CT molecular complexity index is 1560. The summed E-state index contributed by atoms with van der Waals surface area (Å²) in [5, 5.41) is 36.9.